The average Bonchev–Trinajstić information content (AvgIpc) is 2.05. The lowest BCUT2D eigenvalue weighted by molar-refractivity contribution is 0.312. The molecule has 0 amide bonds. The molecule has 0 aliphatic carbocycles. The fourth-order valence-corrected chi connectivity index (χ4v) is 4.19. The van der Waals surface area contributed by atoms with Crippen LogP contribution >= 0.6 is 17.1 Å². The average molecular weight is 272 g/mol. The van der Waals surface area contributed by atoms with Gasteiger partial charge in [-0.15, -0.1) is 0 Å². The monoisotopic (exact) mass is 272 g/mol. The third-order valence-electron chi connectivity index (χ3n) is 1.50. The topological polar surface area (TPSA) is 29.5 Å². The van der Waals surface area contributed by atoms with Gasteiger partial charge in [-0.05, 0) is 24.6 Å². The summed E-state index contributed by atoms with van der Waals surface area (Å²) in [6.45, 7) is 4.82. The molecule has 0 heterocycles. The first kappa shape index (κ1) is 17.8. The smallest absolute Gasteiger partial charge is 0.244 e. The van der Waals surface area contributed by atoms with E-state index in [9.17, 15) is 4.89 Å². The highest BCUT2D eigenvalue weighted by Gasteiger charge is 2.12. The molecule has 0 aromatic heterocycles. The Kier molecular flexibility index (Phi) is 14.0. The highest BCUT2D eigenvalue weighted by Crippen LogP contribution is 2.56. The number of hydrogen-bond donors (Lipinski definition) is 1. The van der Waals surface area contributed by atoms with Crippen molar-refractivity contribution in [2.75, 3.05) is 12.4 Å². The molecule has 0 spiro atoms. The molecule has 0 aliphatic rings. The van der Waals surface area contributed by atoms with Gasteiger partial charge >= 0.3 is 0 Å². The van der Waals surface area contributed by atoms with Gasteiger partial charge < -0.3 is 9.42 Å². The van der Waals surface area contributed by atoms with Crippen molar-refractivity contribution in [2.45, 2.75) is 39.5 Å². The van der Waals surface area contributed by atoms with Gasteiger partial charge in [-0.2, -0.15) is 0 Å². The number of hydrogen-bond acceptors (Lipinski definition) is 3. The van der Waals surface area contributed by atoms with Crippen LogP contribution in [0.4, 0.5) is 0 Å². The lowest BCUT2D eigenvalue weighted by Crippen LogP contribution is -1.90. The second kappa shape index (κ2) is 11.0. The van der Waals surface area contributed by atoms with E-state index in [2.05, 4.69) is 13.8 Å². The molecule has 1 unspecified atom stereocenters. The van der Waals surface area contributed by atoms with Gasteiger partial charge in [-0.3, -0.25) is 0 Å². The molecule has 2 nitrogen and oxygen atoms in total. The van der Waals surface area contributed by atoms with E-state index in [1.807, 2.05) is 0 Å². The van der Waals surface area contributed by atoms with Gasteiger partial charge in [0.05, 0.1) is 6.61 Å². The zero-order valence-electron chi connectivity index (χ0n) is 8.36. The van der Waals surface area contributed by atoms with Crippen LogP contribution in [0.25, 0.3) is 0 Å². The molecule has 0 saturated carbocycles. The zero-order valence-corrected chi connectivity index (χ0v) is 10.9. The highest BCUT2D eigenvalue weighted by molar-refractivity contribution is 8.67. The molecule has 0 radical (unpaired) electrons. The minimum Gasteiger partial charge on any atom is -0.337 e. The van der Waals surface area contributed by atoms with Crippen molar-refractivity contribution in [1.29, 1.82) is 0 Å². The van der Waals surface area contributed by atoms with Crippen molar-refractivity contribution in [3.8, 4) is 0 Å². The Morgan fingerprint density at radius 3 is 2.36 bits per heavy atom. The third-order valence-corrected chi connectivity index (χ3v) is 5.92. The zero-order chi connectivity index (χ0) is 10.2. The van der Waals surface area contributed by atoms with Gasteiger partial charge in [-0.1, -0.05) is 38.1 Å². The van der Waals surface area contributed by atoms with E-state index in [0.717, 1.165) is 31.4 Å². The lowest BCUT2D eigenvalue weighted by atomic mass is 10.4. The number of rotatable bonds is 8. The lowest BCUT2D eigenvalue weighted by Gasteiger charge is -2.14. The van der Waals surface area contributed by atoms with E-state index in [1.54, 1.807) is 0 Å². The van der Waals surface area contributed by atoms with Crippen LogP contribution in [0, 0.1) is 0 Å². The van der Waals surface area contributed by atoms with Gasteiger partial charge in [0.2, 0.25) is 5.69 Å². The van der Waals surface area contributed by atoms with E-state index in [-0.39, 0.29) is 17.4 Å². The van der Waals surface area contributed by atoms with Gasteiger partial charge in [0.15, 0.2) is 17.4 Å². The molecule has 0 saturated heterocycles. The molecule has 0 rings (SSSR count). The van der Waals surface area contributed by atoms with E-state index in [1.165, 1.54) is 11.4 Å². The molecule has 1 N–H and O–H groups in total. The van der Waals surface area contributed by atoms with Crippen LogP contribution in [0.15, 0.2) is 0 Å². The van der Waals surface area contributed by atoms with Crippen LogP contribution in [-0.4, -0.2) is 34.6 Å². The Morgan fingerprint density at radius 2 is 1.86 bits per heavy atom. The summed E-state index contributed by atoms with van der Waals surface area (Å²) in [4.78, 5) is 9.63. The largest absolute Gasteiger partial charge is 0.337 e. The summed E-state index contributed by atoms with van der Waals surface area (Å²) in [6, 6.07) is 0. The molecule has 0 aromatic rings. The van der Waals surface area contributed by atoms with Crippen LogP contribution in [0.3, 0.4) is 0 Å². The highest BCUT2D eigenvalue weighted by atomic mass is 32.9. The SMILES string of the molecule is CCCCOP(O)(=S)SCCCC.[AlH3]. The molecule has 86 valence electrons. The predicted molar refractivity (Wildman–Crippen MR) is 74.7 cm³/mol. The Labute approximate surface area is 107 Å². The molecule has 1 atom stereocenters. The van der Waals surface area contributed by atoms with Crippen LogP contribution < -0.4 is 0 Å². The van der Waals surface area contributed by atoms with Gasteiger partial charge in [0.1, 0.15) is 0 Å². The van der Waals surface area contributed by atoms with Crippen LogP contribution in [0.2, 0.25) is 0 Å². The standard InChI is InChI=1S/C8H19O2PS2.Al.3H/c1-3-5-7-10-11(9,12)13-8-6-4-2;;;;/h3-8H2,1-2H3,(H,9,12);;;;. The quantitative estimate of drug-likeness (QED) is 0.417. The summed E-state index contributed by atoms with van der Waals surface area (Å²) in [5, 5.41) is 0. The molecule has 0 aromatic carbocycles. The van der Waals surface area contributed by atoms with E-state index < -0.39 is 5.69 Å². The molecule has 0 aliphatic heterocycles. The maximum atomic E-state index is 9.63. The van der Waals surface area contributed by atoms with Crippen molar-refractivity contribution >= 4 is 46.2 Å². The van der Waals surface area contributed by atoms with Crippen molar-refractivity contribution < 1.29 is 9.42 Å². The summed E-state index contributed by atoms with van der Waals surface area (Å²) in [6.07, 6.45) is 4.29. The third kappa shape index (κ3) is 11.5. The first-order valence-corrected chi connectivity index (χ1v) is 9.00. The van der Waals surface area contributed by atoms with Crippen LogP contribution in [0.5, 0.6) is 0 Å². The summed E-state index contributed by atoms with van der Waals surface area (Å²) in [7, 11) is 0. The second-order valence-corrected chi connectivity index (χ2v) is 9.14. The summed E-state index contributed by atoms with van der Waals surface area (Å²) in [5.74, 6) is 0.913. The molecule has 14 heavy (non-hydrogen) atoms. The Hall–Kier alpha value is 1.45. The molecule has 6 heteroatoms. The van der Waals surface area contributed by atoms with E-state index >= 15 is 0 Å². The summed E-state index contributed by atoms with van der Waals surface area (Å²) < 4.78 is 5.26. The van der Waals surface area contributed by atoms with Gasteiger partial charge in [-0.25, -0.2) is 0 Å². The van der Waals surface area contributed by atoms with Crippen LogP contribution in [-0.2, 0) is 16.3 Å². The number of unbranched alkanes of at least 4 members (excludes halogenated alkanes) is 2. The second-order valence-electron chi connectivity index (χ2n) is 2.84. The minimum atomic E-state index is -2.50. The van der Waals surface area contributed by atoms with Crippen molar-refractivity contribution in [3.05, 3.63) is 0 Å². The maximum Gasteiger partial charge on any atom is 0.244 e. The maximum absolute atomic E-state index is 9.63. The van der Waals surface area contributed by atoms with Crippen molar-refractivity contribution in [3.63, 3.8) is 0 Å². The molecule has 0 fully saturated rings. The molecule has 0 bridgehead atoms. The normalized spacial score (nSPS) is 14.5. The fourth-order valence-electron chi connectivity index (χ4n) is 0.686. The van der Waals surface area contributed by atoms with Crippen molar-refractivity contribution in [2.24, 2.45) is 0 Å². The van der Waals surface area contributed by atoms with E-state index in [4.69, 9.17) is 16.3 Å². The van der Waals surface area contributed by atoms with Gasteiger partial charge in [0, 0.05) is 5.75 Å². The van der Waals surface area contributed by atoms with Crippen LogP contribution in [0.1, 0.15) is 39.5 Å². The molecular formula is C8H22AlO2PS2. The first-order valence-electron chi connectivity index (χ1n) is 4.74. The minimum absolute atomic E-state index is 0. The predicted octanol–water partition coefficient (Wildman–Crippen LogP) is 2.37. The fraction of sp³-hybridized carbons (Fsp3) is 1.00. The van der Waals surface area contributed by atoms with Crippen molar-refractivity contribution in [1.82, 2.24) is 0 Å². The Balaban J connectivity index is 0. The Morgan fingerprint density at radius 1 is 1.29 bits per heavy atom. The molecular weight excluding hydrogens is 250 g/mol. The van der Waals surface area contributed by atoms with Gasteiger partial charge in [0.25, 0.3) is 0 Å². The van der Waals surface area contributed by atoms with E-state index in [0.29, 0.717) is 6.61 Å². The summed E-state index contributed by atoms with van der Waals surface area (Å²) in [5.41, 5.74) is -2.50. The summed E-state index contributed by atoms with van der Waals surface area (Å²) >= 11 is 6.39. The Bertz CT molecular complexity index is 155. The first-order chi connectivity index (χ1) is 6.12.